The van der Waals surface area contributed by atoms with Gasteiger partial charge in [-0.15, -0.1) is 0 Å². The summed E-state index contributed by atoms with van der Waals surface area (Å²) in [5, 5.41) is 0. The van der Waals surface area contributed by atoms with Crippen LogP contribution in [-0.4, -0.2) is 12.1 Å². The first-order valence-electron chi connectivity index (χ1n) is 4.61. The summed E-state index contributed by atoms with van der Waals surface area (Å²) >= 11 is 0. The number of hydrogen-bond acceptors (Lipinski definition) is 2. The Labute approximate surface area is 79.3 Å². The molecule has 0 amide bonds. The largest absolute Gasteiger partial charge is 0.454 e. The molecular formula is C11H16O2. The van der Waals surface area contributed by atoms with Gasteiger partial charge in [0.25, 0.3) is 0 Å². The lowest BCUT2D eigenvalue weighted by Crippen LogP contribution is -2.36. The minimum atomic E-state index is -0.196. The van der Waals surface area contributed by atoms with Gasteiger partial charge in [-0.25, -0.2) is 4.79 Å². The van der Waals surface area contributed by atoms with Gasteiger partial charge in [-0.3, -0.25) is 0 Å². The molecule has 13 heavy (non-hydrogen) atoms. The minimum Gasteiger partial charge on any atom is -0.454 e. The van der Waals surface area contributed by atoms with Gasteiger partial charge < -0.3 is 4.74 Å². The fourth-order valence-electron chi connectivity index (χ4n) is 1.70. The topological polar surface area (TPSA) is 26.3 Å². The molecule has 1 saturated heterocycles. The molecule has 0 spiro atoms. The standard InChI is InChI=1S/C11H16O2/c1-5-9-7(3)8(4)10(6-2)13-11(9)12/h5-8,10H,2H2,1,3-4H3/b9-5-. The van der Waals surface area contributed by atoms with E-state index in [0.717, 1.165) is 5.57 Å². The summed E-state index contributed by atoms with van der Waals surface area (Å²) in [6.07, 6.45) is 3.40. The fraction of sp³-hybridized carbons (Fsp3) is 0.545. The van der Waals surface area contributed by atoms with E-state index in [4.69, 9.17) is 4.74 Å². The van der Waals surface area contributed by atoms with Crippen LogP contribution < -0.4 is 0 Å². The van der Waals surface area contributed by atoms with E-state index in [1.165, 1.54) is 0 Å². The highest BCUT2D eigenvalue weighted by Crippen LogP contribution is 2.31. The van der Waals surface area contributed by atoms with Gasteiger partial charge in [-0.05, 0) is 12.8 Å². The second kappa shape index (κ2) is 3.77. The van der Waals surface area contributed by atoms with Crippen LogP contribution in [0.5, 0.6) is 0 Å². The lowest BCUT2D eigenvalue weighted by molar-refractivity contribution is -0.149. The van der Waals surface area contributed by atoms with E-state index in [0.29, 0.717) is 5.92 Å². The second-order valence-corrected chi connectivity index (χ2v) is 3.50. The highest BCUT2D eigenvalue weighted by Gasteiger charge is 2.34. The first kappa shape index (κ1) is 10.0. The van der Waals surface area contributed by atoms with Crippen molar-refractivity contribution in [3.8, 4) is 0 Å². The number of esters is 1. The van der Waals surface area contributed by atoms with Crippen LogP contribution >= 0.6 is 0 Å². The van der Waals surface area contributed by atoms with Crippen molar-refractivity contribution in [2.24, 2.45) is 11.8 Å². The molecule has 2 heteroatoms. The summed E-state index contributed by atoms with van der Waals surface area (Å²) < 4.78 is 5.20. The molecule has 3 unspecified atom stereocenters. The van der Waals surface area contributed by atoms with E-state index in [1.807, 2.05) is 13.0 Å². The summed E-state index contributed by atoms with van der Waals surface area (Å²) in [6, 6.07) is 0. The first-order chi connectivity index (χ1) is 6.11. The lowest BCUT2D eigenvalue weighted by Gasteiger charge is -2.33. The number of carbonyl (C=O) groups excluding carboxylic acids is 1. The number of cyclic esters (lactones) is 1. The fourth-order valence-corrected chi connectivity index (χ4v) is 1.70. The Kier molecular flexibility index (Phi) is 2.91. The van der Waals surface area contributed by atoms with Crippen LogP contribution in [0.25, 0.3) is 0 Å². The molecule has 1 aliphatic heterocycles. The zero-order valence-corrected chi connectivity index (χ0v) is 8.41. The van der Waals surface area contributed by atoms with Crippen LogP contribution in [0.3, 0.4) is 0 Å². The van der Waals surface area contributed by atoms with Crippen molar-refractivity contribution in [1.82, 2.24) is 0 Å². The highest BCUT2D eigenvalue weighted by molar-refractivity contribution is 5.90. The second-order valence-electron chi connectivity index (χ2n) is 3.50. The normalized spacial score (nSPS) is 37.3. The van der Waals surface area contributed by atoms with Crippen LogP contribution in [0.4, 0.5) is 0 Å². The molecule has 0 bridgehead atoms. The van der Waals surface area contributed by atoms with Crippen LogP contribution in [0, 0.1) is 11.8 Å². The third kappa shape index (κ3) is 1.67. The van der Waals surface area contributed by atoms with Crippen LogP contribution in [-0.2, 0) is 9.53 Å². The molecule has 1 heterocycles. The van der Waals surface area contributed by atoms with E-state index in [-0.39, 0.29) is 18.0 Å². The number of hydrogen-bond donors (Lipinski definition) is 0. The van der Waals surface area contributed by atoms with Gasteiger partial charge in [0.15, 0.2) is 0 Å². The Morgan fingerprint density at radius 2 is 2.08 bits per heavy atom. The van der Waals surface area contributed by atoms with Crippen LogP contribution in [0.15, 0.2) is 24.3 Å². The maximum atomic E-state index is 11.4. The zero-order valence-electron chi connectivity index (χ0n) is 8.41. The van der Waals surface area contributed by atoms with Gasteiger partial charge >= 0.3 is 5.97 Å². The number of allylic oxidation sites excluding steroid dienone is 1. The van der Waals surface area contributed by atoms with Gasteiger partial charge in [0.05, 0.1) is 0 Å². The average molecular weight is 180 g/mol. The average Bonchev–Trinajstić information content (AvgIpc) is 2.12. The predicted molar refractivity (Wildman–Crippen MR) is 52.2 cm³/mol. The van der Waals surface area contributed by atoms with Crippen molar-refractivity contribution >= 4 is 5.97 Å². The molecule has 1 aliphatic rings. The lowest BCUT2D eigenvalue weighted by atomic mass is 9.82. The molecule has 0 radical (unpaired) electrons. The van der Waals surface area contributed by atoms with Crippen molar-refractivity contribution in [3.05, 3.63) is 24.3 Å². The van der Waals surface area contributed by atoms with Crippen molar-refractivity contribution in [1.29, 1.82) is 0 Å². The van der Waals surface area contributed by atoms with E-state index in [9.17, 15) is 4.79 Å². The Morgan fingerprint density at radius 3 is 2.54 bits per heavy atom. The number of ether oxygens (including phenoxy) is 1. The quantitative estimate of drug-likeness (QED) is 0.351. The molecule has 2 nitrogen and oxygen atoms in total. The summed E-state index contributed by atoms with van der Waals surface area (Å²) in [5.41, 5.74) is 0.783. The van der Waals surface area contributed by atoms with Gasteiger partial charge in [0.1, 0.15) is 6.10 Å². The Morgan fingerprint density at radius 1 is 1.46 bits per heavy atom. The van der Waals surface area contributed by atoms with Gasteiger partial charge in [0, 0.05) is 11.5 Å². The number of carbonyl (C=O) groups is 1. The third-order valence-corrected chi connectivity index (χ3v) is 2.82. The van der Waals surface area contributed by atoms with Crippen LogP contribution in [0.2, 0.25) is 0 Å². The highest BCUT2D eigenvalue weighted by atomic mass is 16.5. The van der Waals surface area contributed by atoms with E-state index in [1.54, 1.807) is 6.08 Å². The zero-order chi connectivity index (χ0) is 10.0. The summed E-state index contributed by atoms with van der Waals surface area (Å²) in [6.45, 7) is 9.66. The van der Waals surface area contributed by atoms with E-state index in [2.05, 4.69) is 20.4 Å². The summed E-state index contributed by atoms with van der Waals surface area (Å²) in [7, 11) is 0. The molecule has 0 aromatic heterocycles. The molecular weight excluding hydrogens is 164 g/mol. The van der Waals surface area contributed by atoms with Gasteiger partial charge in [-0.2, -0.15) is 0 Å². The number of rotatable bonds is 1. The van der Waals surface area contributed by atoms with Gasteiger partial charge in [0.2, 0.25) is 0 Å². The SMILES string of the molecule is C=CC1OC(=O)/C(=C\C)C(C)C1C. The summed E-state index contributed by atoms with van der Waals surface area (Å²) in [5.74, 6) is 0.383. The minimum absolute atomic E-state index is 0.133. The molecule has 0 aromatic rings. The van der Waals surface area contributed by atoms with E-state index >= 15 is 0 Å². The monoisotopic (exact) mass is 180 g/mol. The maximum absolute atomic E-state index is 11.4. The van der Waals surface area contributed by atoms with Crippen molar-refractivity contribution < 1.29 is 9.53 Å². The van der Waals surface area contributed by atoms with Crippen molar-refractivity contribution in [2.75, 3.05) is 0 Å². The molecule has 3 atom stereocenters. The first-order valence-corrected chi connectivity index (χ1v) is 4.61. The van der Waals surface area contributed by atoms with Crippen molar-refractivity contribution in [3.63, 3.8) is 0 Å². The van der Waals surface area contributed by atoms with Gasteiger partial charge in [-0.1, -0.05) is 32.6 Å². The maximum Gasteiger partial charge on any atom is 0.334 e. The predicted octanol–water partition coefficient (Wildman–Crippen LogP) is 2.32. The smallest absolute Gasteiger partial charge is 0.334 e. The molecule has 0 aliphatic carbocycles. The molecule has 72 valence electrons. The molecule has 1 fully saturated rings. The van der Waals surface area contributed by atoms with Crippen LogP contribution in [0.1, 0.15) is 20.8 Å². The Hall–Kier alpha value is -1.05. The molecule has 0 saturated carbocycles. The molecule has 0 N–H and O–H groups in total. The summed E-state index contributed by atoms with van der Waals surface area (Å²) in [4.78, 5) is 11.4. The third-order valence-electron chi connectivity index (χ3n) is 2.82. The van der Waals surface area contributed by atoms with Crippen molar-refractivity contribution in [2.45, 2.75) is 26.9 Å². The Bertz CT molecular complexity index is 253. The Balaban J connectivity index is 2.91. The molecule has 1 rings (SSSR count). The molecule has 0 aromatic carbocycles. The van der Waals surface area contributed by atoms with E-state index < -0.39 is 0 Å².